The summed E-state index contributed by atoms with van der Waals surface area (Å²) in [5.41, 5.74) is 0. The van der Waals surface area contributed by atoms with Crippen LogP contribution in [0.4, 0.5) is 0 Å². The van der Waals surface area contributed by atoms with Crippen LogP contribution in [-0.4, -0.2) is 17.5 Å². The van der Waals surface area contributed by atoms with Gasteiger partial charge in [0.15, 0.2) is 0 Å². The van der Waals surface area contributed by atoms with Crippen molar-refractivity contribution in [1.82, 2.24) is 0 Å². The van der Waals surface area contributed by atoms with E-state index >= 15 is 0 Å². The smallest absolute Gasteiger partial charge is 2.00 e. The summed E-state index contributed by atoms with van der Waals surface area (Å²) in [6, 6.07) is 0. The fraction of sp³-hybridized carbons (Fsp3) is 0. The molecule has 0 fully saturated rings. The third kappa shape index (κ3) is 811. The Bertz CT molecular complexity index is 94.8. The van der Waals surface area contributed by atoms with Gasteiger partial charge in [-0.3, -0.25) is 8.42 Å². The number of hydrogen-bond acceptors (Lipinski definition) is 4. The topological polar surface area (TPSA) is 166 Å². The third-order valence-corrected chi connectivity index (χ3v) is 0. The summed E-state index contributed by atoms with van der Waals surface area (Å²) in [6.45, 7) is 0. The Hall–Kier alpha value is 0.815. The Labute approximate surface area is 79.2 Å². The first-order chi connectivity index (χ1) is 2.00. The molecular formula is Cr2O7S-2. The molecule has 10 heavy (non-hydrogen) atoms. The predicted octanol–water partition coefficient (Wildman–Crippen LogP) is -1.70. The third-order valence-electron chi connectivity index (χ3n) is 0. The van der Waals surface area contributed by atoms with Gasteiger partial charge in [-0.25, -0.2) is 0 Å². The van der Waals surface area contributed by atoms with Crippen LogP contribution in [-0.2, 0) is 61.5 Å². The summed E-state index contributed by atoms with van der Waals surface area (Å²) < 4.78 is 34.1. The number of rotatable bonds is 0. The standard InChI is InChI=1S/2Cr.H2O4S.3O/c;;1-5(2,3)4;;;/h;;(H2,1,2,3,4);;;/q2*+3;;3*-2/p-2. The van der Waals surface area contributed by atoms with Crippen LogP contribution in [0.25, 0.3) is 0 Å². The second kappa shape index (κ2) is 16.4. The van der Waals surface area contributed by atoms with E-state index in [0.717, 1.165) is 0 Å². The molecule has 0 rings (SSSR count). The molecule has 0 aliphatic heterocycles. The average Bonchev–Trinajstić information content (AvgIpc) is 0.722. The summed E-state index contributed by atoms with van der Waals surface area (Å²) >= 11 is 0. The van der Waals surface area contributed by atoms with Crippen LogP contribution in [0.2, 0.25) is 0 Å². The average molecular weight is 248 g/mol. The minimum Gasteiger partial charge on any atom is -2.00 e. The molecule has 0 aromatic heterocycles. The van der Waals surface area contributed by atoms with Gasteiger partial charge in [0.05, 0.1) is 0 Å². The molecular weight excluding hydrogens is 248 g/mol. The van der Waals surface area contributed by atoms with Crippen molar-refractivity contribution < 1.29 is 68.7 Å². The molecule has 0 aliphatic carbocycles. The molecule has 7 nitrogen and oxygen atoms in total. The van der Waals surface area contributed by atoms with Gasteiger partial charge in [-0.05, 0) is 0 Å². The van der Waals surface area contributed by atoms with E-state index in [2.05, 4.69) is 0 Å². The van der Waals surface area contributed by atoms with Crippen molar-refractivity contribution in [3.8, 4) is 0 Å². The van der Waals surface area contributed by atoms with E-state index < -0.39 is 10.4 Å². The molecule has 0 aromatic carbocycles. The second-order valence-electron chi connectivity index (χ2n) is 0.408. The van der Waals surface area contributed by atoms with E-state index in [1.54, 1.807) is 0 Å². The maximum absolute atomic E-state index is 8.52. The predicted molar refractivity (Wildman–Crippen MR) is 12.5 cm³/mol. The van der Waals surface area contributed by atoms with E-state index in [-0.39, 0.29) is 51.2 Å². The van der Waals surface area contributed by atoms with Crippen LogP contribution >= 0.6 is 0 Å². The normalized spacial score (nSPS) is 5.80. The molecule has 0 unspecified atom stereocenters. The van der Waals surface area contributed by atoms with Crippen LogP contribution in [0.15, 0.2) is 0 Å². The van der Waals surface area contributed by atoms with E-state index in [9.17, 15) is 0 Å². The molecule has 0 saturated carbocycles. The Kier molecular flexibility index (Phi) is 73.8. The first-order valence-electron chi connectivity index (χ1n) is 0.667. The summed E-state index contributed by atoms with van der Waals surface area (Å²) in [6.07, 6.45) is 0. The molecule has 10 heteroatoms. The van der Waals surface area contributed by atoms with Gasteiger partial charge in [-0.15, -0.1) is 0 Å². The van der Waals surface area contributed by atoms with Gasteiger partial charge < -0.3 is 25.5 Å². The van der Waals surface area contributed by atoms with Gasteiger partial charge in [0.25, 0.3) is 0 Å². The zero-order chi connectivity index (χ0) is 4.50. The zero-order valence-corrected chi connectivity index (χ0v) is 7.45. The van der Waals surface area contributed by atoms with Crippen molar-refractivity contribution in [3.63, 3.8) is 0 Å². The first kappa shape index (κ1) is 44.9. The maximum atomic E-state index is 8.52. The molecule has 0 aliphatic rings. The molecule has 0 atom stereocenters. The van der Waals surface area contributed by atoms with Crippen molar-refractivity contribution in [2.75, 3.05) is 0 Å². The van der Waals surface area contributed by atoms with Crippen molar-refractivity contribution in [2.45, 2.75) is 0 Å². The Balaban J connectivity index is -0.00000000800. The minimum atomic E-state index is -5.17. The number of hydrogen-bond donors (Lipinski definition) is 0. The first-order valence-corrected chi connectivity index (χ1v) is 2.00. The van der Waals surface area contributed by atoms with Gasteiger partial charge in [-0.2, -0.15) is 0 Å². The van der Waals surface area contributed by atoms with Crippen LogP contribution < -0.4 is 0 Å². The van der Waals surface area contributed by atoms with Gasteiger partial charge in [0.1, 0.15) is 0 Å². The largest absolute Gasteiger partial charge is 3.00 e. The molecule has 0 amide bonds. The van der Waals surface area contributed by atoms with Crippen molar-refractivity contribution >= 4 is 10.4 Å². The summed E-state index contributed by atoms with van der Waals surface area (Å²) in [7, 11) is -5.17. The molecule has 0 N–H and O–H groups in total. The fourth-order valence-corrected chi connectivity index (χ4v) is 0. The monoisotopic (exact) mass is 248 g/mol. The van der Waals surface area contributed by atoms with Crippen LogP contribution in [0.1, 0.15) is 0 Å². The van der Waals surface area contributed by atoms with E-state index in [1.165, 1.54) is 0 Å². The van der Waals surface area contributed by atoms with E-state index in [0.29, 0.717) is 0 Å². The summed E-state index contributed by atoms with van der Waals surface area (Å²) in [4.78, 5) is 0. The Morgan fingerprint density at radius 1 is 0.800 bits per heavy atom. The van der Waals surface area contributed by atoms with Gasteiger partial charge in [0, 0.05) is 10.4 Å². The van der Waals surface area contributed by atoms with Crippen molar-refractivity contribution in [1.29, 1.82) is 0 Å². The fourth-order valence-electron chi connectivity index (χ4n) is 0. The second-order valence-corrected chi connectivity index (χ2v) is 1.22. The summed E-state index contributed by atoms with van der Waals surface area (Å²) in [5, 5.41) is 0. The van der Waals surface area contributed by atoms with Crippen molar-refractivity contribution in [3.05, 3.63) is 0 Å². The maximum Gasteiger partial charge on any atom is 3.00 e. The van der Waals surface area contributed by atoms with Gasteiger partial charge in [-0.1, -0.05) is 0 Å². The minimum absolute atomic E-state index is 0. The molecule has 0 bridgehead atoms. The van der Waals surface area contributed by atoms with E-state index in [4.69, 9.17) is 17.5 Å². The zero-order valence-electron chi connectivity index (χ0n) is 4.08. The van der Waals surface area contributed by atoms with Gasteiger partial charge in [0.2, 0.25) is 0 Å². The molecule has 0 aromatic rings. The molecule has 0 spiro atoms. The van der Waals surface area contributed by atoms with E-state index in [1.807, 2.05) is 0 Å². The molecule has 0 heterocycles. The quantitative estimate of drug-likeness (QED) is 0.368. The molecule has 0 saturated heterocycles. The Morgan fingerprint density at radius 2 is 0.800 bits per heavy atom. The van der Waals surface area contributed by atoms with Gasteiger partial charge >= 0.3 is 34.7 Å². The van der Waals surface area contributed by atoms with Crippen molar-refractivity contribution in [2.24, 2.45) is 0 Å². The molecule has 2 radical (unpaired) electrons. The molecule has 62 valence electrons. The summed E-state index contributed by atoms with van der Waals surface area (Å²) in [5.74, 6) is 0. The van der Waals surface area contributed by atoms with Crippen LogP contribution in [0.5, 0.6) is 0 Å². The van der Waals surface area contributed by atoms with Crippen LogP contribution in [0.3, 0.4) is 0 Å². The SMILES string of the molecule is O=S(=O)([O-])[O-].[Cr+3].[Cr+3].[O-2].[O-2].[O-2]. The van der Waals surface area contributed by atoms with Crippen LogP contribution in [0, 0.1) is 0 Å². The Morgan fingerprint density at radius 3 is 0.800 bits per heavy atom.